The molecule has 3 aromatic rings. The number of benzene rings is 2. The highest BCUT2D eigenvalue weighted by atomic mass is 16.3. The van der Waals surface area contributed by atoms with Crippen LogP contribution in [0.1, 0.15) is 48.7 Å². The highest BCUT2D eigenvalue weighted by Crippen LogP contribution is 2.55. The second-order valence-electron chi connectivity index (χ2n) is 9.05. The zero-order chi connectivity index (χ0) is 20.9. The first-order chi connectivity index (χ1) is 14.5. The van der Waals surface area contributed by atoms with E-state index in [2.05, 4.69) is 28.7 Å². The Morgan fingerprint density at radius 3 is 2.60 bits per heavy atom. The van der Waals surface area contributed by atoms with Gasteiger partial charge in [-0.15, -0.1) is 0 Å². The van der Waals surface area contributed by atoms with E-state index in [1.54, 1.807) is 18.5 Å². The molecular weight excluding hydrogens is 376 g/mol. The van der Waals surface area contributed by atoms with Gasteiger partial charge < -0.3 is 15.0 Å². The molecule has 2 saturated heterocycles. The van der Waals surface area contributed by atoms with Gasteiger partial charge in [-0.1, -0.05) is 12.1 Å². The summed E-state index contributed by atoms with van der Waals surface area (Å²) >= 11 is 0. The molecule has 6 nitrogen and oxygen atoms in total. The van der Waals surface area contributed by atoms with Crippen LogP contribution in [0.15, 0.2) is 48.8 Å². The van der Waals surface area contributed by atoms with Crippen LogP contribution in [0, 0.1) is 5.41 Å². The molecule has 0 saturated carbocycles. The maximum absolute atomic E-state index is 13.1. The number of H-pyrrole nitrogens is 1. The summed E-state index contributed by atoms with van der Waals surface area (Å²) in [7, 11) is 0. The molecule has 5 rings (SSSR count). The SMILES string of the molecule is CC(C)N1CC2(CCN(C(=O)c3ccc4nc[nH]c4c3)CC2)C1c1ccc(O)cc1. The van der Waals surface area contributed by atoms with Crippen LogP contribution >= 0.6 is 0 Å². The first kappa shape index (κ1) is 19.1. The smallest absolute Gasteiger partial charge is 0.253 e. The summed E-state index contributed by atoms with van der Waals surface area (Å²) in [6, 6.07) is 14.1. The van der Waals surface area contributed by atoms with Crippen LogP contribution < -0.4 is 0 Å². The minimum absolute atomic E-state index is 0.0996. The van der Waals surface area contributed by atoms with Crippen LogP contribution in [-0.2, 0) is 0 Å². The number of nitrogens with one attached hydrogen (secondary N) is 1. The normalized spacial score (nSPS) is 21.3. The molecule has 1 spiro atoms. The molecule has 0 aliphatic carbocycles. The number of carbonyl (C=O) groups is 1. The third kappa shape index (κ3) is 3.06. The molecule has 2 fully saturated rings. The van der Waals surface area contributed by atoms with Gasteiger partial charge in [0.2, 0.25) is 0 Å². The zero-order valence-electron chi connectivity index (χ0n) is 17.5. The standard InChI is InChI=1S/C24H28N4O2/c1-16(2)28-14-24(22(28)17-3-6-19(29)7-4-17)9-11-27(12-10-24)23(30)18-5-8-20-21(13-18)26-15-25-20/h3-8,13,15-16,22,29H,9-12,14H2,1-2H3,(H,25,26). The number of carbonyl (C=O) groups excluding carboxylic acids is 1. The Kier molecular flexibility index (Phi) is 4.54. The average Bonchev–Trinajstić information content (AvgIpc) is 3.21. The third-order valence-electron chi connectivity index (χ3n) is 6.99. The van der Waals surface area contributed by atoms with Crippen LogP contribution in [0.2, 0.25) is 0 Å². The number of likely N-dealkylation sites (tertiary alicyclic amines) is 2. The molecule has 1 aromatic heterocycles. The zero-order valence-corrected chi connectivity index (χ0v) is 17.5. The van der Waals surface area contributed by atoms with Crippen LogP contribution in [0.25, 0.3) is 11.0 Å². The lowest BCUT2D eigenvalue weighted by molar-refractivity contribution is -0.124. The molecule has 2 aromatic carbocycles. The molecule has 0 radical (unpaired) electrons. The number of phenolic OH excluding ortho intramolecular Hbond substituents is 1. The van der Waals surface area contributed by atoms with Gasteiger partial charge in [0.25, 0.3) is 5.91 Å². The molecule has 156 valence electrons. The van der Waals surface area contributed by atoms with Gasteiger partial charge in [0.05, 0.1) is 17.4 Å². The minimum atomic E-state index is 0.0996. The van der Waals surface area contributed by atoms with Crippen molar-refractivity contribution in [2.75, 3.05) is 19.6 Å². The van der Waals surface area contributed by atoms with Crippen LogP contribution in [0.3, 0.4) is 0 Å². The molecule has 1 amide bonds. The molecule has 1 atom stereocenters. The van der Waals surface area contributed by atoms with E-state index in [-0.39, 0.29) is 11.3 Å². The quantitative estimate of drug-likeness (QED) is 0.693. The number of piperidine rings is 1. The molecule has 6 heteroatoms. The van der Waals surface area contributed by atoms with Gasteiger partial charge in [0.1, 0.15) is 5.75 Å². The van der Waals surface area contributed by atoms with Gasteiger partial charge in [-0.2, -0.15) is 0 Å². The van der Waals surface area contributed by atoms with Gasteiger partial charge in [-0.3, -0.25) is 9.69 Å². The van der Waals surface area contributed by atoms with Gasteiger partial charge in [-0.05, 0) is 62.6 Å². The maximum Gasteiger partial charge on any atom is 0.253 e. The average molecular weight is 405 g/mol. The Morgan fingerprint density at radius 2 is 1.90 bits per heavy atom. The van der Waals surface area contributed by atoms with Crippen LogP contribution in [0.4, 0.5) is 0 Å². The number of imidazole rings is 1. The molecule has 2 aliphatic rings. The topological polar surface area (TPSA) is 72.5 Å². The predicted molar refractivity (Wildman–Crippen MR) is 116 cm³/mol. The number of amides is 1. The lowest BCUT2D eigenvalue weighted by Gasteiger charge is -2.62. The Hall–Kier alpha value is -2.86. The number of aromatic amines is 1. The number of aromatic hydroxyl groups is 1. The van der Waals surface area contributed by atoms with Crippen molar-refractivity contribution >= 4 is 16.9 Å². The molecular formula is C24H28N4O2. The van der Waals surface area contributed by atoms with Gasteiger partial charge >= 0.3 is 0 Å². The Labute approximate surface area is 176 Å². The van der Waals surface area contributed by atoms with Gasteiger partial charge in [0.15, 0.2) is 0 Å². The second kappa shape index (κ2) is 7.13. The van der Waals surface area contributed by atoms with Gasteiger partial charge in [0, 0.05) is 42.7 Å². The van der Waals surface area contributed by atoms with E-state index in [0.717, 1.165) is 49.1 Å². The summed E-state index contributed by atoms with van der Waals surface area (Å²) in [5.74, 6) is 0.403. The fraction of sp³-hybridized carbons (Fsp3) is 0.417. The van der Waals surface area contributed by atoms with E-state index < -0.39 is 0 Å². The van der Waals surface area contributed by atoms with Crippen molar-refractivity contribution in [3.63, 3.8) is 0 Å². The van der Waals surface area contributed by atoms with Gasteiger partial charge in [-0.25, -0.2) is 4.98 Å². The molecule has 1 unspecified atom stereocenters. The van der Waals surface area contributed by atoms with E-state index in [9.17, 15) is 9.90 Å². The summed E-state index contributed by atoms with van der Waals surface area (Å²) in [5, 5.41) is 9.70. The summed E-state index contributed by atoms with van der Waals surface area (Å²) < 4.78 is 0. The Bertz CT molecular complexity index is 1060. The minimum Gasteiger partial charge on any atom is -0.508 e. The lowest BCUT2D eigenvalue weighted by Crippen LogP contribution is -2.64. The van der Waals surface area contributed by atoms with Crippen molar-refractivity contribution in [2.45, 2.75) is 38.8 Å². The van der Waals surface area contributed by atoms with Crippen molar-refractivity contribution in [3.05, 3.63) is 59.9 Å². The number of hydrogen-bond donors (Lipinski definition) is 2. The van der Waals surface area contributed by atoms with Crippen molar-refractivity contribution < 1.29 is 9.90 Å². The third-order valence-corrected chi connectivity index (χ3v) is 6.99. The van der Waals surface area contributed by atoms with E-state index in [1.165, 1.54) is 5.56 Å². The Balaban J connectivity index is 1.33. The maximum atomic E-state index is 13.1. The molecule has 2 N–H and O–H groups in total. The molecule has 2 aliphatic heterocycles. The number of aromatic nitrogens is 2. The summed E-state index contributed by atoms with van der Waals surface area (Å²) in [4.78, 5) is 24.9. The van der Waals surface area contributed by atoms with E-state index in [0.29, 0.717) is 17.8 Å². The Morgan fingerprint density at radius 1 is 1.17 bits per heavy atom. The first-order valence-electron chi connectivity index (χ1n) is 10.7. The van der Waals surface area contributed by atoms with Crippen molar-refractivity contribution in [1.29, 1.82) is 0 Å². The fourth-order valence-corrected chi connectivity index (χ4v) is 5.30. The summed E-state index contributed by atoms with van der Waals surface area (Å²) in [6.45, 7) is 7.11. The lowest BCUT2D eigenvalue weighted by atomic mass is 9.62. The number of phenols is 1. The highest BCUT2D eigenvalue weighted by Gasteiger charge is 2.54. The number of fused-ring (bicyclic) bond motifs is 1. The predicted octanol–water partition coefficient (Wildman–Crippen LogP) is 3.96. The van der Waals surface area contributed by atoms with E-state index in [4.69, 9.17) is 0 Å². The van der Waals surface area contributed by atoms with E-state index >= 15 is 0 Å². The largest absolute Gasteiger partial charge is 0.508 e. The highest BCUT2D eigenvalue weighted by molar-refractivity contribution is 5.97. The van der Waals surface area contributed by atoms with Crippen molar-refractivity contribution in [3.8, 4) is 5.75 Å². The van der Waals surface area contributed by atoms with Crippen LogP contribution in [-0.4, -0.2) is 56.5 Å². The fourth-order valence-electron chi connectivity index (χ4n) is 5.30. The summed E-state index contributed by atoms with van der Waals surface area (Å²) in [6.07, 6.45) is 3.66. The first-order valence-corrected chi connectivity index (χ1v) is 10.7. The number of nitrogens with zero attached hydrogens (tertiary/aromatic N) is 3. The molecule has 3 heterocycles. The summed E-state index contributed by atoms with van der Waals surface area (Å²) in [5.41, 5.74) is 3.95. The van der Waals surface area contributed by atoms with E-state index in [1.807, 2.05) is 35.2 Å². The van der Waals surface area contributed by atoms with Crippen molar-refractivity contribution in [1.82, 2.24) is 19.8 Å². The monoisotopic (exact) mass is 404 g/mol. The number of rotatable bonds is 3. The molecule has 30 heavy (non-hydrogen) atoms. The van der Waals surface area contributed by atoms with Crippen LogP contribution in [0.5, 0.6) is 5.75 Å². The second-order valence-corrected chi connectivity index (χ2v) is 9.05. The number of hydrogen-bond acceptors (Lipinski definition) is 4. The van der Waals surface area contributed by atoms with Crippen molar-refractivity contribution in [2.24, 2.45) is 5.41 Å². The molecule has 0 bridgehead atoms.